The third kappa shape index (κ3) is 3.61. The summed E-state index contributed by atoms with van der Waals surface area (Å²) in [4.78, 5) is 0. The van der Waals surface area contributed by atoms with Crippen molar-refractivity contribution in [1.29, 1.82) is 0 Å². The summed E-state index contributed by atoms with van der Waals surface area (Å²) in [7, 11) is 0. The van der Waals surface area contributed by atoms with Gasteiger partial charge in [-0.3, -0.25) is 0 Å². The Labute approximate surface area is 123 Å². The van der Waals surface area contributed by atoms with Crippen molar-refractivity contribution in [2.24, 2.45) is 0 Å². The summed E-state index contributed by atoms with van der Waals surface area (Å²) >= 11 is 3.34. The molecule has 2 rings (SSSR count). The van der Waals surface area contributed by atoms with Gasteiger partial charge in [-0.05, 0) is 29.3 Å². The van der Waals surface area contributed by atoms with Gasteiger partial charge >= 0.3 is 6.18 Å². The van der Waals surface area contributed by atoms with Crippen LogP contribution in [-0.2, 0) is 12.6 Å². The quantitative estimate of drug-likeness (QED) is 0.852. The van der Waals surface area contributed by atoms with Crippen molar-refractivity contribution in [3.63, 3.8) is 0 Å². The molecule has 2 aromatic rings. The van der Waals surface area contributed by atoms with Gasteiger partial charge < -0.3 is 5.11 Å². The second-order valence-corrected chi connectivity index (χ2v) is 5.29. The molecule has 1 N–H and O–H groups in total. The topological polar surface area (TPSA) is 20.2 Å². The lowest BCUT2D eigenvalue weighted by molar-refractivity contribution is -0.137. The van der Waals surface area contributed by atoms with Gasteiger partial charge in [-0.25, -0.2) is 0 Å². The van der Waals surface area contributed by atoms with Crippen molar-refractivity contribution in [1.82, 2.24) is 0 Å². The van der Waals surface area contributed by atoms with Crippen LogP contribution in [-0.4, -0.2) is 5.11 Å². The van der Waals surface area contributed by atoms with Crippen molar-refractivity contribution >= 4 is 15.9 Å². The van der Waals surface area contributed by atoms with Crippen LogP contribution in [0, 0.1) is 0 Å². The Kier molecular flexibility index (Phi) is 4.50. The van der Waals surface area contributed by atoms with E-state index in [9.17, 15) is 18.3 Å². The van der Waals surface area contributed by atoms with E-state index in [2.05, 4.69) is 15.9 Å². The largest absolute Gasteiger partial charge is 0.416 e. The Morgan fingerprint density at radius 3 is 2.15 bits per heavy atom. The molecule has 0 fully saturated rings. The molecule has 0 aliphatic carbocycles. The molecule has 106 valence electrons. The lowest BCUT2D eigenvalue weighted by Gasteiger charge is -2.13. The molecule has 5 heteroatoms. The standard InChI is InChI=1S/C15H12BrF3O/c16-13-4-2-1-3-12(13)14(20)9-10-5-7-11(8-6-10)15(17,18)19/h1-8,14,20H,9H2. The molecule has 0 saturated heterocycles. The van der Waals surface area contributed by atoms with Gasteiger partial charge in [0, 0.05) is 10.9 Å². The molecule has 1 unspecified atom stereocenters. The number of hydrogen-bond acceptors (Lipinski definition) is 1. The Bertz CT molecular complexity index is 578. The number of aliphatic hydroxyl groups is 1. The molecule has 0 aliphatic rings. The van der Waals surface area contributed by atoms with E-state index in [4.69, 9.17) is 0 Å². The molecule has 0 amide bonds. The third-order valence-corrected chi connectivity index (χ3v) is 3.70. The molecule has 0 radical (unpaired) electrons. The minimum Gasteiger partial charge on any atom is -0.388 e. The molecule has 0 aromatic heterocycles. The van der Waals surface area contributed by atoms with E-state index < -0.39 is 17.8 Å². The van der Waals surface area contributed by atoms with Crippen LogP contribution in [0.4, 0.5) is 13.2 Å². The maximum atomic E-state index is 12.4. The Morgan fingerprint density at radius 1 is 1.00 bits per heavy atom. The van der Waals surface area contributed by atoms with Gasteiger partial charge in [-0.15, -0.1) is 0 Å². The fourth-order valence-electron chi connectivity index (χ4n) is 1.91. The van der Waals surface area contributed by atoms with Crippen LogP contribution >= 0.6 is 15.9 Å². The van der Waals surface area contributed by atoms with Crippen LogP contribution < -0.4 is 0 Å². The average Bonchev–Trinajstić information content (AvgIpc) is 2.38. The van der Waals surface area contributed by atoms with Crippen molar-refractivity contribution in [3.05, 3.63) is 69.7 Å². The summed E-state index contributed by atoms with van der Waals surface area (Å²) in [5.74, 6) is 0. The van der Waals surface area contributed by atoms with Gasteiger partial charge in [-0.2, -0.15) is 13.2 Å². The van der Waals surface area contributed by atoms with Crippen molar-refractivity contribution in [2.45, 2.75) is 18.7 Å². The van der Waals surface area contributed by atoms with Crippen LogP contribution in [0.5, 0.6) is 0 Å². The number of alkyl halides is 3. The smallest absolute Gasteiger partial charge is 0.388 e. The first kappa shape index (κ1) is 15.1. The highest BCUT2D eigenvalue weighted by Gasteiger charge is 2.30. The molecule has 0 aliphatic heterocycles. The predicted molar refractivity (Wildman–Crippen MR) is 74.2 cm³/mol. The maximum Gasteiger partial charge on any atom is 0.416 e. The predicted octanol–water partition coefficient (Wildman–Crippen LogP) is 4.74. The van der Waals surface area contributed by atoms with Gasteiger partial charge in [0.05, 0.1) is 11.7 Å². The number of rotatable bonds is 3. The van der Waals surface area contributed by atoms with Crippen LogP contribution in [0.1, 0.15) is 22.8 Å². The first-order chi connectivity index (χ1) is 9.38. The Morgan fingerprint density at radius 2 is 1.60 bits per heavy atom. The lowest BCUT2D eigenvalue weighted by atomic mass is 10.0. The fourth-order valence-corrected chi connectivity index (χ4v) is 2.46. The van der Waals surface area contributed by atoms with Gasteiger partial charge in [0.25, 0.3) is 0 Å². The van der Waals surface area contributed by atoms with E-state index in [0.717, 1.165) is 16.6 Å². The summed E-state index contributed by atoms with van der Waals surface area (Å²) in [5, 5.41) is 10.1. The highest BCUT2D eigenvalue weighted by Crippen LogP contribution is 2.30. The summed E-state index contributed by atoms with van der Waals surface area (Å²) < 4.78 is 38.1. The number of benzene rings is 2. The first-order valence-corrected chi connectivity index (χ1v) is 6.76. The Balaban J connectivity index is 2.13. The molecule has 2 aromatic carbocycles. The molecular formula is C15H12BrF3O. The molecule has 1 nitrogen and oxygen atoms in total. The van der Waals surface area contributed by atoms with E-state index in [0.29, 0.717) is 11.1 Å². The fraction of sp³-hybridized carbons (Fsp3) is 0.200. The van der Waals surface area contributed by atoms with Crippen LogP contribution in [0.25, 0.3) is 0 Å². The second-order valence-electron chi connectivity index (χ2n) is 4.44. The van der Waals surface area contributed by atoms with E-state index in [1.807, 2.05) is 12.1 Å². The summed E-state index contributed by atoms with van der Waals surface area (Å²) in [6.07, 6.45) is -4.83. The molecule has 0 heterocycles. The zero-order valence-corrected chi connectivity index (χ0v) is 11.9. The SMILES string of the molecule is OC(Cc1ccc(C(F)(F)F)cc1)c1ccccc1Br. The zero-order valence-electron chi connectivity index (χ0n) is 10.4. The van der Waals surface area contributed by atoms with E-state index in [1.165, 1.54) is 12.1 Å². The summed E-state index contributed by atoms with van der Waals surface area (Å²) in [5.41, 5.74) is 0.685. The number of hydrogen-bond donors (Lipinski definition) is 1. The molecule has 0 saturated carbocycles. The minimum absolute atomic E-state index is 0.265. The van der Waals surface area contributed by atoms with Gasteiger partial charge in [-0.1, -0.05) is 46.3 Å². The van der Waals surface area contributed by atoms with Crippen LogP contribution in [0.15, 0.2) is 53.0 Å². The first-order valence-electron chi connectivity index (χ1n) is 5.96. The van der Waals surface area contributed by atoms with Crippen molar-refractivity contribution in [3.8, 4) is 0 Å². The zero-order chi connectivity index (χ0) is 14.8. The Hall–Kier alpha value is -1.33. The minimum atomic E-state index is -4.33. The normalized spacial score (nSPS) is 13.2. The highest BCUT2D eigenvalue weighted by molar-refractivity contribution is 9.10. The van der Waals surface area contributed by atoms with Crippen molar-refractivity contribution in [2.75, 3.05) is 0 Å². The third-order valence-electron chi connectivity index (χ3n) is 2.97. The monoisotopic (exact) mass is 344 g/mol. The van der Waals surface area contributed by atoms with Crippen LogP contribution in [0.3, 0.4) is 0 Å². The molecule has 20 heavy (non-hydrogen) atoms. The number of halogens is 4. The van der Waals surface area contributed by atoms with Gasteiger partial charge in [0.2, 0.25) is 0 Å². The van der Waals surface area contributed by atoms with Gasteiger partial charge in [0.1, 0.15) is 0 Å². The molecular weight excluding hydrogens is 333 g/mol. The van der Waals surface area contributed by atoms with Gasteiger partial charge in [0.15, 0.2) is 0 Å². The lowest BCUT2D eigenvalue weighted by Crippen LogP contribution is -2.06. The van der Waals surface area contributed by atoms with Crippen LogP contribution in [0.2, 0.25) is 0 Å². The summed E-state index contributed by atoms with van der Waals surface area (Å²) in [6, 6.07) is 12.1. The highest BCUT2D eigenvalue weighted by atomic mass is 79.9. The van der Waals surface area contributed by atoms with E-state index in [1.54, 1.807) is 12.1 Å². The second kappa shape index (κ2) is 5.97. The molecule has 0 bridgehead atoms. The van der Waals surface area contributed by atoms with E-state index >= 15 is 0 Å². The average molecular weight is 345 g/mol. The van der Waals surface area contributed by atoms with Crippen molar-refractivity contribution < 1.29 is 18.3 Å². The molecule has 1 atom stereocenters. The van der Waals surface area contributed by atoms with E-state index in [-0.39, 0.29) is 6.42 Å². The maximum absolute atomic E-state index is 12.4. The molecule has 0 spiro atoms. The number of aliphatic hydroxyl groups excluding tert-OH is 1. The summed E-state index contributed by atoms with van der Waals surface area (Å²) in [6.45, 7) is 0.